The number of thiazole rings is 1. The minimum atomic E-state index is -1.08. The Hall–Kier alpha value is -1.67. The van der Waals surface area contributed by atoms with Crippen LogP contribution in [-0.2, 0) is 9.53 Å². The highest BCUT2D eigenvalue weighted by Crippen LogP contribution is 2.19. The van der Waals surface area contributed by atoms with Crippen LogP contribution in [0.15, 0.2) is 5.51 Å². The van der Waals surface area contributed by atoms with Gasteiger partial charge in [-0.25, -0.2) is 9.78 Å². The van der Waals surface area contributed by atoms with Crippen molar-refractivity contribution in [3.63, 3.8) is 0 Å². The van der Waals surface area contributed by atoms with Gasteiger partial charge in [0.05, 0.1) is 12.1 Å². The average Bonchev–Trinajstić information content (AvgIpc) is 2.78. The highest BCUT2D eigenvalue weighted by atomic mass is 32.1. The normalized spacial score (nSPS) is 10.1. The van der Waals surface area contributed by atoms with Crippen molar-refractivity contribution in [2.24, 2.45) is 0 Å². The number of anilines is 1. The van der Waals surface area contributed by atoms with Crippen molar-refractivity contribution < 1.29 is 19.4 Å². The Bertz CT molecular complexity index is 408. The van der Waals surface area contributed by atoms with Gasteiger partial charge in [0.25, 0.3) is 0 Å². The van der Waals surface area contributed by atoms with E-state index in [0.29, 0.717) is 24.7 Å². The van der Waals surface area contributed by atoms with E-state index in [0.717, 1.165) is 0 Å². The zero-order valence-electron chi connectivity index (χ0n) is 9.93. The molecule has 7 nitrogen and oxygen atoms in total. The molecule has 100 valence electrons. The van der Waals surface area contributed by atoms with E-state index >= 15 is 0 Å². The van der Waals surface area contributed by atoms with E-state index in [4.69, 9.17) is 9.84 Å². The minimum absolute atomic E-state index is 0.0141. The highest BCUT2D eigenvalue weighted by molar-refractivity contribution is 7.14. The van der Waals surface area contributed by atoms with Gasteiger partial charge in [-0.3, -0.25) is 4.79 Å². The van der Waals surface area contributed by atoms with Crippen molar-refractivity contribution in [3.05, 3.63) is 11.2 Å². The molecule has 1 rings (SSSR count). The lowest BCUT2D eigenvalue weighted by Crippen LogP contribution is -2.28. The number of hydrogen-bond acceptors (Lipinski definition) is 6. The van der Waals surface area contributed by atoms with Gasteiger partial charge in [-0.05, 0) is 0 Å². The summed E-state index contributed by atoms with van der Waals surface area (Å²) in [6.45, 7) is 1.30. The fourth-order valence-electron chi connectivity index (χ4n) is 1.19. The topological polar surface area (TPSA) is 101 Å². The van der Waals surface area contributed by atoms with Gasteiger partial charge in [-0.2, -0.15) is 0 Å². The molecule has 1 aromatic rings. The Labute approximate surface area is 108 Å². The van der Waals surface area contributed by atoms with E-state index in [1.54, 1.807) is 7.11 Å². The average molecular weight is 273 g/mol. The molecule has 3 N–H and O–H groups in total. The van der Waals surface area contributed by atoms with Crippen LogP contribution in [0.3, 0.4) is 0 Å². The van der Waals surface area contributed by atoms with Crippen molar-refractivity contribution in [1.29, 1.82) is 0 Å². The summed E-state index contributed by atoms with van der Waals surface area (Å²) >= 11 is 1.20. The van der Waals surface area contributed by atoms with Crippen LogP contribution < -0.4 is 10.6 Å². The number of nitrogens with one attached hydrogen (secondary N) is 2. The van der Waals surface area contributed by atoms with Gasteiger partial charge in [0, 0.05) is 26.6 Å². The molecule has 18 heavy (non-hydrogen) atoms. The second kappa shape index (κ2) is 7.62. The van der Waals surface area contributed by atoms with Crippen molar-refractivity contribution in [3.8, 4) is 0 Å². The molecule has 1 heterocycles. The summed E-state index contributed by atoms with van der Waals surface area (Å²) in [6, 6.07) is 0. The number of methoxy groups -OCH3 is 1. The molecule has 0 aliphatic heterocycles. The number of ether oxygens (including phenoxy) is 1. The first-order valence-electron chi connectivity index (χ1n) is 5.31. The molecule has 0 aliphatic rings. The summed E-state index contributed by atoms with van der Waals surface area (Å²) in [6.07, 6.45) is 0.265. The molecule has 0 radical (unpaired) electrons. The lowest BCUT2D eigenvalue weighted by Gasteiger charge is -2.05. The van der Waals surface area contributed by atoms with Crippen LogP contribution in [0.2, 0.25) is 0 Å². The van der Waals surface area contributed by atoms with Crippen molar-refractivity contribution in [2.75, 3.05) is 32.1 Å². The molecular weight excluding hydrogens is 258 g/mol. The predicted molar refractivity (Wildman–Crippen MR) is 67.1 cm³/mol. The lowest BCUT2D eigenvalue weighted by molar-refractivity contribution is -0.121. The van der Waals surface area contributed by atoms with E-state index in [-0.39, 0.29) is 18.0 Å². The van der Waals surface area contributed by atoms with Gasteiger partial charge in [0.15, 0.2) is 5.69 Å². The zero-order chi connectivity index (χ0) is 13.4. The zero-order valence-corrected chi connectivity index (χ0v) is 10.7. The molecular formula is C10H15N3O4S. The van der Waals surface area contributed by atoms with Crippen LogP contribution >= 0.6 is 11.3 Å². The Morgan fingerprint density at radius 2 is 2.28 bits per heavy atom. The van der Waals surface area contributed by atoms with Gasteiger partial charge in [-0.15, -0.1) is 11.3 Å². The maximum Gasteiger partial charge on any atom is 0.357 e. The largest absolute Gasteiger partial charge is 0.476 e. The summed E-state index contributed by atoms with van der Waals surface area (Å²) in [5, 5.41) is 14.8. The van der Waals surface area contributed by atoms with Crippen molar-refractivity contribution >= 4 is 28.2 Å². The number of hydrogen-bond donors (Lipinski definition) is 3. The molecule has 1 aromatic heterocycles. The second-order valence-electron chi connectivity index (χ2n) is 3.35. The van der Waals surface area contributed by atoms with Gasteiger partial charge in [-0.1, -0.05) is 0 Å². The molecule has 0 saturated carbocycles. The number of aromatic nitrogens is 1. The van der Waals surface area contributed by atoms with Crippen LogP contribution in [0, 0.1) is 0 Å². The summed E-state index contributed by atoms with van der Waals surface area (Å²) in [5.41, 5.74) is 1.43. The van der Waals surface area contributed by atoms with Gasteiger partial charge >= 0.3 is 5.97 Å². The highest BCUT2D eigenvalue weighted by Gasteiger charge is 2.13. The molecule has 0 unspecified atom stereocenters. The molecule has 0 fully saturated rings. The van der Waals surface area contributed by atoms with Crippen LogP contribution in [0.5, 0.6) is 0 Å². The van der Waals surface area contributed by atoms with E-state index in [9.17, 15) is 9.59 Å². The Morgan fingerprint density at radius 3 is 2.94 bits per heavy atom. The summed E-state index contributed by atoms with van der Waals surface area (Å²) in [7, 11) is 1.56. The second-order valence-corrected chi connectivity index (χ2v) is 4.21. The molecule has 0 saturated heterocycles. The molecule has 0 bridgehead atoms. The van der Waals surface area contributed by atoms with E-state index in [1.807, 2.05) is 0 Å². The van der Waals surface area contributed by atoms with Crippen LogP contribution in [-0.4, -0.2) is 48.8 Å². The molecule has 0 atom stereocenters. The number of rotatable bonds is 8. The minimum Gasteiger partial charge on any atom is -0.476 e. The molecule has 0 spiro atoms. The van der Waals surface area contributed by atoms with Crippen LogP contribution in [0.1, 0.15) is 16.9 Å². The summed E-state index contributed by atoms with van der Waals surface area (Å²) in [4.78, 5) is 25.8. The molecule has 8 heteroatoms. The Kier molecular flexibility index (Phi) is 6.09. The Morgan fingerprint density at radius 1 is 1.50 bits per heavy atom. The third-order valence-electron chi connectivity index (χ3n) is 2.04. The molecule has 0 aromatic carbocycles. The number of carbonyl (C=O) groups is 2. The third-order valence-corrected chi connectivity index (χ3v) is 2.82. The first kappa shape index (κ1) is 14.4. The fraction of sp³-hybridized carbons (Fsp3) is 0.500. The van der Waals surface area contributed by atoms with Crippen LogP contribution in [0.25, 0.3) is 0 Å². The lowest BCUT2D eigenvalue weighted by atomic mass is 10.4. The SMILES string of the molecule is COCCNC(=O)CCNc1scnc1C(=O)O. The van der Waals surface area contributed by atoms with Crippen LogP contribution in [0.4, 0.5) is 5.00 Å². The fourth-order valence-corrected chi connectivity index (χ4v) is 1.89. The first-order chi connectivity index (χ1) is 8.65. The number of amides is 1. The number of carbonyl (C=O) groups excluding carboxylic acids is 1. The van der Waals surface area contributed by atoms with Gasteiger partial charge in [0.2, 0.25) is 5.91 Å². The van der Waals surface area contributed by atoms with E-state index in [2.05, 4.69) is 15.6 Å². The number of carboxylic acids is 1. The Balaban J connectivity index is 2.27. The van der Waals surface area contributed by atoms with E-state index < -0.39 is 5.97 Å². The van der Waals surface area contributed by atoms with Gasteiger partial charge < -0.3 is 20.5 Å². The standard InChI is InChI=1S/C10H15N3O4S/c1-17-5-4-11-7(14)2-3-12-9-8(10(15)16)13-6-18-9/h6,12H,2-5H2,1H3,(H,11,14)(H,15,16). The van der Waals surface area contributed by atoms with Crippen molar-refractivity contribution in [2.45, 2.75) is 6.42 Å². The number of carboxylic acid groups (broad SMARTS) is 1. The molecule has 1 amide bonds. The maximum absolute atomic E-state index is 11.3. The number of nitrogens with zero attached hydrogens (tertiary/aromatic N) is 1. The first-order valence-corrected chi connectivity index (χ1v) is 6.19. The predicted octanol–water partition coefficient (Wildman–Crippen LogP) is 0.406. The van der Waals surface area contributed by atoms with E-state index in [1.165, 1.54) is 16.8 Å². The summed E-state index contributed by atoms with van der Waals surface area (Å²) < 4.78 is 4.80. The molecule has 0 aliphatic carbocycles. The van der Waals surface area contributed by atoms with Crippen molar-refractivity contribution in [1.82, 2.24) is 10.3 Å². The quantitative estimate of drug-likeness (QED) is 0.593. The smallest absolute Gasteiger partial charge is 0.357 e. The van der Waals surface area contributed by atoms with Gasteiger partial charge in [0.1, 0.15) is 5.00 Å². The monoisotopic (exact) mass is 273 g/mol. The maximum atomic E-state index is 11.3. The number of aromatic carboxylic acids is 1. The third kappa shape index (κ3) is 4.68. The summed E-state index contributed by atoms with van der Waals surface area (Å²) in [5.74, 6) is -1.19.